The van der Waals surface area contributed by atoms with Crippen molar-refractivity contribution in [1.82, 2.24) is 4.90 Å². The van der Waals surface area contributed by atoms with Gasteiger partial charge in [0.05, 0.1) is 17.6 Å². The number of aliphatic carboxylic acids is 1. The molecule has 0 aliphatic rings. The minimum atomic E-state index is -0.862. The Kier molecular flexibility index (Phi) is 5.46. The number of carboxylic acids is 1. The molecule has 1 unspecified atom stereocenters. The van der Waals surface area contributed by atoms with Gasteiger partial charge in [-0.25, -0.2) is 4.39 Å². The Morgan fingerprint density at radius 3 is 2.74 bits per heavy atom. The summed E-state index contributed by atoms with van der Waals surface area (Å²) >= 11 is 0. The molecule has 0 spiro atoms. The second-order valence-electron chi connectivity index (χ2n) is 4.49. The fourth-order valence-corrected chi connectivity index (χ4v) is 1.76. The molecule has 1 atom stereocenters. The molecule has 0 aliphatic carbocycles. The van der Waals surface area contributed by atoms with Gasteiger partial charge in [0.25, 0.3) is 0 Å². The van der Waals surface area contributed by atoms with Crippen LogP contribution in [-0.2, 0) is 11.3 Å². The maximum atomic E-state index is 13.7. The second-order valence-corrected chi connectivity index (χ2v) is 4.49. The molecular weight excluding hydrogens is 247 g/mol. The van der Waals surface area contributed by atoms with Crippen molar-refractivity contribution in [2.24, 2.45) is 5.92 Å². The summed E-state index contributed by atoms with van der Waals surface area (Å²) in [5, 5.41) is 17.5. The Bertz CT molecular complexity index is 497. The minimum absolute atomic E-state index is 0.281. The van der Waals surface area contributed by atoms with E-state index in [4.69, 9.17) is 10.4 Å². The van der Waals surface area contributed by atoms with Crippen molar-refractivity contribution in [3.8, 4) is 6.07 Å². The number of halogens is 1. The molecule has 4 nitrogen and oxygen atoms in total. The number of hydrogen-bond acceptors (Lipinski definition) is 3. The lowest BCUT2D eigenvalue weighted by Crippen LogP contribution is -2.31. The molecule has 0 saturated carbocycles. The van der Waals surface area contributed by atoms with Crippen LogP contribution in [0.2, 0.25) is 0 Å². The SMILES string of the molecule is CCN(Cc1ccc(C#N)cc1F)CC(C)C(=O)O. The number of nitrogens with zero attached hydrogens (tertiary/aromatic N) is 2. The van der Waals surface area contributed by atoms with Gasteiger partial charge in [-0.15, -0.1) is 0 Å². The van der Waals surface area contributed by atoms with Gasteiger partial charge in [0.1, 0.15) is 5.82 Å². The van der Waals surface area contributed by atoms with Crippen LogP contribution in [0.25, 0.3) is 0 Å². The van der Waals surface area contributed by atoms with Gasteiger partial charge in [-0.1, -0.05) is 19.9 Å². The molecular formula is C14H17FN2O2. The number of rotatable bonds is 6. The average molecular weight is 264 g/mol. The molecule has 1 N–H and O–H groups in total. The summed E-state index contributed by atoms with van der Waals surface area (Å²) in [6, 6.07) is 6.21. The molecule has 0 bridgehead atoms. The summed E-state index contributed by atoms with van der Waals surface area (Å²) < 4.78 is 13.7. The van der Waals surface area contributed by atoms with Crippen LogP contribution in [0.5, 0.6) is 0 Å². The standard InChI is InChI=1S/C14H17FN2O2/c1-3-17(8-10(2)14(18)19)9-12-5-4-11(7-16)6-13(12)15/h4-6,10H,3,8-9H2,1-2H3,(H,18,19). The number of carbonyl (C=O) groups is 1. The Balaban J connectivity index is 2.76. The number of carboxylic acid groups (broad SMARTS) is 1. The summed E-state index contributed by atoms with van der Waals surface area (Å²) in [5.74, 6) is -1.79. The lowest BCUT2D eigenvalue weighted by atomic mass is 10.1. The summed E-state index contributed by atoms with van der Waals surface area (Å²) in [6.07, 6.45) is 0. The molecule has 0 heterocycles. The molecule has 1 rings (SSSR count). The van der Waals surface area contributed by atoms with E-state index < -0.39 is 17.7 Å². The van der Waals surface area contributed by atoms with Gasteiger partial charge in [0, 0.05) is 18.7 Å². The Hall–Kier alpha value is -1.93. The topological polar surface area (TPSA) is 64.3 Å². The van der Waals surface area contributed by atoms with Crippen LogP contribution in [0.1, 0.15) is 25.0 Å². The summed E-state index contributed by atoms with van der Waals surface area (Å²) in [5.41, 5.74) is 0.752. The maximum absolute atomic E-state index is 13.7. The first-order chi connectivity index (χ1) is 8.97. The normalized spacial score (nSPS) is 12.2. The van der Waals surface area contributed by atoms with Gasteiger partial charge in [-0.2, -0.15) is 5.26 Å². The largest absolute Gasteiger partial charge is 0.481 e. The third-order valence-corrected chi connectivity index (χ3v) is 2.98. The van der Waals surface area contributed by atoms with E-state index >= 15 is 0 Å². The van der Waals surface area contributed by atoms with Crippen LogP contribution in [0.3, 0.4) is 0 Å². The molecule has 1 aromatic rings. The lowest BCUT2D eigenvalue weighted by Gasteiger charge is -2.22. The van der Waals surface area contributed by atoms with Crippen LogP contribution in [0.15, 0.2) is 18.2 Å². The zero-order chi connectivity index (χ0) is 14.4. The fraction of sp³-hybridized carbons (Fsp3) is 0.429. The molecule has 0 saturated heterocycles. The van der Waals surface area contributed by atoms with Crippen molar-refractivity contribution in [3.05, 3.63) is 35.1 Å². The van der Waals surface area contributed by atoms with E-state index in [1.165, 1.54) is 6.07 Å². The number of nitriles is 1. The minimum Gasteiger partial charge on any atom is -0.481 e. The van der Waals surface area contributed by atoms with Crippen LogP contribution in [0.4, 0.5) is 4.39 Å². The highest BCUT2D eigenvalue weighted by molar-refractivity contribution is 5.69. The number of hydrogen-bond donors (Lipinski definition) is 1. The Morgan fingerprint density at radius 2 is 2.26 bits per heavy atom. The third-order valence-electron chi connectivity index (χ3n) is 2.98. The van der Waals surface area contributed by atoms with Gasteiger partial charge in [0.2, 0.25) is 0 Å². The van der Waals surface area contributed by atoms with Crippen molar-refractivity contribution < 1.29 is 14.3 Å². The van der Waals surface area contributed by atoms with E-state index in [1.54, 1.807) is 19.1 Å². The molecule has 102 valence electrons. The van der Waals surface area contributed by atoms with Crippen molar-refractivity contribution in [3.63, 3.8) is 0 Å². The monoisotopic (exact) mass is 264 g/mol. The summed E-state index contributed by atoms with van der Waals surface area (Å²) in [4.78, 5) is 12.7. The van der Waals surface area contributed by atoms with E-state index in [2.05, 4.69) is 0 Å². The first kappa shape index (κ1) is 15.1. The highest BCUT2D eigenvalue weighted by Gasteiger charge is 2.16. The van der Waals surface area contributed by atoms with Crippen LogP contribution < -0.4 is 0 Å². The van der Waals surface area contributed by atoms with Crippen molar-refractivity contribution in [2.45, 2.75) is 20.4 Å². The zero-order valence-electron chi connectivity index (χ0n) is 11.1. The maximum Gasteiger partial charge on any atom is 0.307 e. The van der Waals surface area contributed by atoms with E-state index in [-0.39, 0.29) is 5.56 Å². The molecule has 5 heteroatoms. The van der Waals surface area contributed by atoms with Gasteiger partial charge >= 0.3 is 5.97 Å². The van der Waals surface area contributed by atoms with Gasteiger partial charge in [0.15, 0.2) is 0 Å². The van der Waals surface area contributed by atoms with Crippen LogP contribution >= 0.6 is 0 Å². The quantitative estimate of drug-likeness (QED) is 0.855. The molecule has 0 aromatic heterocycles. The molecule has 0 aliphatic heterocycles. The predicted octanol–water partition coefficient (Wildman–Crippen LogP) is 2.24. The number of benzene rings is 1. The molecule has 0 radical (unpaired) electrons. The Morgan fingerprint density at radius 1 is 1.58 bits per heavy atom. The average Bonchev–Trinajstić information content (AvgIpc) is 2.39. The smallest absolute Gasteiger partial charge is 0.307 e. The van der Waals surface area contributed by atoms with E-state index in [0.29, 0.717) is 25.2 Å². The van der Waals surface area contributed by atoms with E-state index in [9.17, 15) is 9.18 Å². The predicted molar refractivity (Wildman–Crippen MR) is 68.9 cm³/mol. The molecule has 0 fully saturated rings. The molecule has 1 aromatic carbocycles. The first-order valence-corrected chi connectivity index (χ1v) is 6.11. The third kappa shape index (κ3) is 4.34. The van der Waals surface area contributed by atoms with E-state index in [1.807, 2.05) is 17.9 Å². The fourth-order valence-electron chi connectivity index (χ4n) is 1.76. The lowest BCUT2D eigenvalue weighted by molar-refractivity contribution is -0.141. The van der Waals surface area contributed by atoms with Gasteiger partial charge in [-0.05, 0) is 18.7 Å². The van der Waals surface area contributed by atoms with Gasteiger partial charge in [-0.3, -0.25) is 9.69 Å². The van der Waals surface area contributed by atoms with Crippen LogP contribution in [0, 0.1) is 23.1 Å². The first-order valence-electron chi connectivity index (χ1n) is 6.11. The van der Waals surface area contributed by atoms with Crippen molar-refractivity contribution in [1.29, 1.82) is 5.26 Å². The zero-order valence-corrected chi connectivity index (χ0v) is 11.1. The van der Waals surface area contributed by atoms with Gasteiger partial charge < -0.3 is 5.11 Å². The van der Waals surface area contributed by atoms with Crippen LogP contribution in [-0.4, -0.2) is 29.1 Å². The van der Waals surface area contributed by atoms with E-state index in [0.717, 1.165) is 0 Å². The molecule has 19 heavy (non-hydrogen) atoms. The highest BCUT2D eigenvalue weighted by atomic mass is 19.1. The summed E-state index contributed by atoms with van der Waals surface area (Å²) in [7, 11) is 0. The van der Waals surface area contributed by atoms with Crippen molar-refractivity contribution in [2.75, 3.05) is 13.1 Å². The highest BCUT2D eigenvalue weighted by Crippen LogP contribution is 2.13. The Labute approximate surface area is 112 Å². The molecule has 0 amide bonds. The second kappa shape index (κ2) is 6.86. The van der Waals surface area contributed by atoms with Crippen molar-refractivity contribution >= 4 is 5.97 Å². The summed E-state index contributed by atoms with van der Waals surface area (Å²) in [6.45, 7) is 4.87.